The van der Waals surface area contributed by atoms with Crippen molar-refractivity contribution in [2.24, 2.45) is 0 Å². The summed E-state index contributed by atoms with van der Waals surface area (Å²) < 4.78 is 26.4. The van der Waals surface area contributed by atoms with Gasteiger partial charge in [-0.15, -0.1) is 0 Å². The summed E-state index contributed by atoms with van der Waals surface area (Å²) in [5.41, 5.74) is 1.88. The molecule has 2 aromatic rings. The number of benzene rings is 2. The van der Waals surface area contributed by atoms with Crippen molar-refractivity contribution in [3.8, 4) is 0 Å². The van der Waals surface area contributed by atoms with Gasteiger partial charge in [0, 0.05) is 23.6 Å². The van der Waals surface area contributed by atoms with Gasteiger partial charge in [0.15, 0.2) is 0 Å². The van der Waals surface area contributed by atoms with E-state index in [2.05, 4.69) is 26.1 Å². The van der Waals surface area contributed by atoms with Gasteiger partial charge in [-0.3, -0.25) is 13.9 Å². The molecular weight excluding hydrogens is 509 g/mol. The number of amides is 2. The van der Waals surface area contributed by atoms with Crippen LogP contribution >= 0.6 is 23.2 Å². The molecular formula is C25H33Cl2N3O4S. The van der Waals surface area contributed by atoms with Crippen molar-refractivity contribution in [1.29, 1.82) is 0 Å². The fraction of sp³-hybridized carbons (Fsp3) is 0.440. The number of likely N-dealkylation sites (N-methyl/N-ethyl adjacent to an activating group) is 1. The number of nitrogens with zero attached hydrogens (tertiary/aromatic N) is 2. The Morgan fingerprint density at radius 3 is 2.11 bits per heavy atom. The molecule has 2 amide bonds. The third-order valence-electron chi connectivity index (χ3n) is 5.69. The van der Waals surface area contributed by atoms with E-state index in [0.717, 1.165) is 16.1 Å². The van der Waals surface area contributed by atoms with Crippen LogP contribution in [0.25, 0.3) is 0 Å². The van der Waals surface area contributed by atoms with E-state index >= 15 is 0 Å². The number of anilines is 1. The van der Waals surface area contributed by atoms with Crippen LogP contribution in [0.15, 0.2) is 42.5 Å². The van der Waals surface area contributed by atoms with Gasteiger partial charge in [-0.25, -0.2) is 8.42 Å². The lowest BCUT2D eigenvalue weighted by Crippen LogP contribution is -2.51. The summed E-state index contributed by atoms with van der Waals surface area (Å²) in [7, 11) is -2.31. The van der Waals surface area contributed by atoms with Gasteiger partial charge >= 0.3 is 0 Å². The minimum atomic E-state index is -3.80. The Kier molecular flexibility index (Phi) is 9.62. The Balaban J connectivity index is 2.46. The summed E-state index contributed by atoms with van der Waals surface area (Å²) in [4.78, 5) is 27.5. The Labute approximate surface area is 218 Å². The number of nitrogens with one attached hydrogen (secondary N) is 1. The molecule has 0 aliphatic heterocycles. The van der Waals surface area contributed by atoms with Crippen LogP contribution in [0.5, 0.6) is 0 Å². The summed E-state index contributed by atoms with van der Waals surface area (Å²) in [6.45, 7) is 7.51. The lowest BCUT2D eigenvalue weighted by Gasteiger charge is -2.33. The van der Waals surface area contributed by atoms with Gasteiger partial charge < -0.3 is 10.2 Å². The minimum absolute atomic E-state index is 0.0152. The standard InChI is InChI=1S/C25H33Cl2N3O4S/c1-7-22(24(32)28-5)29(15-17-8-11-19(26)14-21(17)27)23(31)16-30(35(6,33)34)20-12-9-18(10-13-20)25(2,3)4/h8-14,22H,7,15-16H2,1-6H3,(H,28,32). The molecule has 0 aliphatic rings. The molecule has 0 spiro atoms. The first-order chi connectivity index (χ1) is 16.2. The molecule has 192 valence electrons. The highest BCUT2D eigenvalue weighted by Gasteiger charge is 2.31. The van der Waals surface area contributed by atoms with Gasteiger partial charge in [0.25, 0.3) is 0 Å². The smallest absolute Gasteiger partial charge is 0.244 e. The van der Waals surface area contributed by atoms with E-state index in [1.807, 2.05) is 12.1 Å². The molecule has 0 fully saturated rings. The fourth-order valence-electron chi connectivity index (χ4n) is 3.66. The van der Waals surface area contributed by atoms with Crippen molar-refractivity contribution in [1.82, 2.24) is 10.2 Å². The molecule has 1 unspecified atom stereocenters. The third kappa shape index (κ3) is 7.59. The zero-order chi connectivity index (χ0) is 26.6. The van der Waals surface area contributed by atoms with Crippen LogP contribution < -0.4 is 9.62 Å². The van der Waals surface area contributed by atoms with E-state index in [0.29, 0.717) is 27.7 Å². The maximum atomic E-state index is 13.6. The van der Waals surface area contributed by atoms with Gasteiger partial charge in [0.05, 0.1) is 11.9 Å². The molecule has 0 aromatic heterocycles. The van der Waals surface area contributed by atoms with Crippen LogP contribution in [-0.4, -0.2) is 51.0 Å². The van der Waals surface area contributed by atoms with Crippen LogP contribution in [0.1, 0.15) is 45.2 Å². The third-order valence-corrected chi connectivity index (χ3v) is 7.42. The summed E-state index contributed by atoms with van der Waals surface area (Å²) in [5, 5.41) is 3.37. The van der Waals surface area contributed by atoms with E-state index in [4.69, 9.17) is 23.2 Å². The Morgan fingerprint density at radius 2 is 1.66 bits per heavy atom. The average molecular weight is 543 g/mol. The van der Waals surface area contributed by atoms with Crippen molar-refractivity contribution < 1.29 is 18.0 Å². The first-order valence-corrected chi connectivity index (χ1v) is 13.8. The van der Waals surface area contributed by atoms with Crippen LogP contribution in [0.4, 0.5) is 5.69 Å². The maximum Gasteiger partial charge on any atom is 0.244 e. The van der Waals surface area contributed by atoms with Crippen molar-refractivity contribution in [3.05, 3.63) is 63.6 Å². The quantitative estimate of drug-likeness (QED) is 0.502. The topological polar surface area (TPSA) is 86.8 Å². The first kappa shape index (κ1) is 28.9. The molecule has 1 N–H and O–H groups in total. The van der Waals surface area contributed by atoms with Gasteiger partial charge in [-0.05, 0) is 47.2 Å². The number of hydrogen-bond donors (Lipinski definition) is 1. The second-order valence-corrected chi connectivity index (χ2v) is 12.1. The van der Waals surface area contributed by atoms with E-state index in [-0.39, 0.29) is 17.9 Å². The van der Waals surface area contributed by atoms with Crippen molar-refractivity contribution in [2.75, 3.05) is 24.2 Å². The fourth-order valence-corrected chi connectivity index (χ4v) is 4.98. The van der Waals surface area contributed by atoms with Crippen LogP contribution in [0, 0.1) is 0 Å². The lowest BCUT2D eigenvalue weighted by molar-refractivity contribution is -0.140. The normalized spacial score (nSPS) is 12.7. The van der Waals surface area contributed by atoms with Crippen LogP contribution in [0.3, 0.4) is 0 Å². The van der Waals surface area contributed by atoms with Gasteiger partial charge in [-0.2, -0.15) is 0 Å². The molecule has 2 rings (SSSR count). The summed E-state index contributed by atoms with van der Waals surface area (Å²) in [6.07, 6.45) is 1.38. The SMILES string of the molecule is CCC(C(=O)NC)N(Cc1ccc(Cl)cc1Cl)C(=O)CN(c1ccc(C(C)(C)C)cc1)S(C)(=O)=O. The number of sulfonamides is 1. The molecule has 7 nitrogen and oxygen atoms in total. The minimum Gasteiger partial charge on any atom is -0.357 e. The largest absolute Gasteiger partial charge is 0.357 e. The zero-order valence-corrected chi connectivity index (χ0v) is 23.3. The molecule has 1 atom stereocenters. The number of carbonyl (C=O) groups excluding carboxylic acids is 2. The predicted molar refractivity (Wildman–Crippen MR) is 142 cm³/mol. The van der Waals surface area contributed by atoms with Crippen molar-refractivity contribution >= 4 is 50.7 Å². The number of halogens is 2. The van der Waals surface area contributed by atoms with E-state index in [1.165, 1.54) is 11.9 Å². The molecule has 0 saturated carbocycles. The zero-order valence-electron chi connectivity index (χ0n) is 20.9. The molecule has 0 aliphatic carbocycles. The number of hydrogen-bond acceptors (Lipinski definition) is 4. The molecule has 35 heavy (non-hydrogen) atoms. The van der Waals surface area contributed by atoms with E-state index < -0.39 is 28.5 Å². The second-order valence-electron chi connectivity index (χ2n) is 9.36. The molecule has 0 saturated heterocycles. The maximum absolute atomic E-state index is 13.6. The molecule has 10 heteroatoms. The predicted octanol–water partition coefficient (Wildman–Crippen LogP) is 4.61. The van der Waals surface area contributed by atoms with Crippen molar-refractivity contribution in [3.63, 3.8) is 0 Å². The summed E-state index contributed by atoms with van der Waals surface area (Å²) in [5.74, 6) is -0.886. The van der Waals surface area contributed by atoms with Crippen LogP contribution in [0.2, 0.25) is 10.0 Å². The highest BCUT2D eigenvalue weighted by molar-refractivity contribution is 7.92. The monoisotopic (exact) mass is 541 g/mol. The Hall–Kier alpha value is -2.29. The lowest BCUT2D eigenvalue weighted by atomic mass is 9.87. The highest BCUT2D eigenvalue weighted by atomic mass is 35.5. The van der Waals surface area contributed by atoms with Gasteiger partial charge in [0.1, 0.15) is 12.6 Å². The summed E-state index contributed by atoms with van der Waals surface area (Å²) >= 11 is 12.3. The highest BCUT2D eigenvalue weighted by Crippen LogP contribution is 2.27. The number of carbonyl (C=O) groups is 2. The van der Waals surface area contributed by atoms with Crippen LogP contribution in [-0.2, 0) is 31.6 Å². The summed E-state index contributed by atoms with van der Waals surface area (Å²) in [6, 6.07) is 11.1. The average Bonchev–Trinajstić information content (AvgIpc) is 2.77. The van der Waals surface area contributed by atoms with Gasteiger partial charge in [-0.1, -0.05) is 69.1 Å². The molecule has 0 heterocycles. The van der Waals surface area contributed by atoms with Gasteiger partial charge in [0.2, 0.25) is 21.8 Å². The first-order valence-electron chi connectivity index (χ1n) is 11.2. The van der Waals surface area contributed by atoms with Crippen molar-refractivity contribution in [2.45, 2.75) is 52.1 Å². The molecule has 2 aromatic carbocycles. The molecule has 0 bridgehead atoms. The van der Waals surface area contributed by atoms with E-state index in [1.54, 1.807) is 37.3 Å². The van der Waals surface area contributed by atoms with E-state index in [9.17, 15) is 18.0 Å². The Morgan fingerprint density at radius 1 is 1.06 bits per heavy atom. The number of rotatable bonds is 9. The Bertz CT molecular complexity index is 1160. The second kappa shape index (κ2) is 11.6. The molecule has 0 radical (unpaired) electrons.